The molecule has 0 atom stereocenters. The first kappa shape index (κ1) is 13.5. The highest BCUT2D eigenvalue weighted by Crippen LogP contribution is 2.21. The summed E-state index contributed by atoms with van der Waals surface area (Å²) in [6, 6.07) is 11.7. The number of hydrogen-bond donors (Lipinski definition) is 2. The van der Waals surface area contributed by atoms with Crippen LogP contribution in [-0.2, 0) is 11.3 Å². The molecule has 0 bridgehead atoms. The maximum Gasteiger partial charge on any atom is 0.122 e. The summed E-state index contributed by atoms with van der Waals surface area (Å²) in [4.78, 5) is 4.39. The second-order valence-electron chi connectivity index (χ2n) is 4.01. The maximum atomic E-state index is 5.57. The van der Waals surface area contributed by atoms with Crippen molar-refractivity contribution in [3.8, 4) is 0 Å². The van der Waals surface area contributed by atoms with E-state index in [0.717, 1.165) is 16.9 Å². The molecule has 0 aliphatic rings. The van der Waals surface area contributed by atoms with Gasteiger partial charge in [-0.05, 0) is 18.2 Å². The lowest BCUT2D eigenvalue weighted by atomic mass is 10.2. The molecule has 19 heavy (non-hydrogen) atoms. The highest BCUT2D eigenvalue weighted by molar-refractivity contribution is 7.80. The van der Waals surface area contributed by atoms with Crippen LogP contribution < -0.4 is 11.1 Å². The third-order valence-corrected chi connectivity index (χ3v) is 2.82. The Hall–Kier alpha value is -1.98. The molecule has 0 aliphatic heterocycles. The molecular formula is C14H15N3OS. The van der Waals surface area contributed by atoms with Gasteiger partial charge in [-0.3, -0.25) is 4.98 Å². The molecule has 2 rings (SSSR count). The van der Waals surface area contributed by atoms with E-state index in [1.807, 2.05) is 36.4 Å². The molecule has 0 saturated heterocycles. The fourth-order valence-electron chi connectivity index (χ4n) is 1.72. The predicted molar refractivity (Wildman–Crippen MR) is 80.6 cm³/mol. The molecule has 0 unspecified atom stereocenters. The van der Waals surface area contributed by atoms with Crippen LogP contribution in [0.1, 0.15) is 11.3 Å². The second-order valence-corrected chi connectivity index (χ2v) is 4.45. The van der Waals surface area contributed by atoms with E-state index in [2.05, 4.69) is 10.3 Å². The van der Waals surface area contributed by atoms with E-state index >= 15 is 0 Å². The highest BCUT2D eigenvalue weighted by Gasteiger charge is 2.04. The number of para-hydroxylation sites is 1. The van der Waals surface area contributed by atoms with Crippen LogP contribution in [0.25, 0.3) is 0 Å². The van der Waals surface area contributed by atoms with Crippen molar-refractivity contribution >= 4 is 28.6 Å². The summed E-state index contributed by atoms with van der Waals surface area (Å²) in [7, 11) is 1.67. The third-order valence-electron chi connectivity index (χ3n) is 2.61. The number of anilines is 2. The smallest absolute Gasteiger partial charge is 0.122 e. The van der Waals surface area contributed by atoms with Gasteiger partial charge < -0.3 is 15.8 Å². The zero-order chi connectivity index (χ0) is 13.7. The lowest BCUT2D eigenvalue weighted by Gasteiger charge is -2.12. The Bertz CT molecular complexity index is 586. The van der Waals surface area contributed by atoms with Crippen molar-refractivity contribution in [3.63, 3.8) is 0 Å². The molecule has 2 aromatic rings. The number of benzene rings is 1. The number of rotatable bonds is 5. The minimum Gasteiger partial charge on any atom is -0.388 e. The van der Waals surface area contributed by atoms with Crippen molar-refractivity contribution in [3.05, 3.63) is 53.9 Å². The van der Waals surface area contributed by atoms with Gasteiger partial charge in [-0.2, -0.15) is 0 Å². The fourth-order valence-corrected chi connectivity index (χ4v) is 1.83. The van der Waals surface area contributed by atoms with Gasteiger partial charge in [0, 0.05) is 30.2 Å². The van der Waals surface area contributed by atoms with E-state index in [0.29, 0.717) is 12.3 Å². The van der Waals surface area contributed by atoms with Crippen molar-refractivity contribution in [1.82, 2.24) is 4.98 Å². The summed E-state index contributed by atoms with van der Waals surface area (Å²) < 4.78 is 5.18. The first-order valence-corrected chi connectivity index (χ1v) is 6.21. The zero-order valence-corrected chi connectivity index (χ0v) is 11.4. The fraction of sp³-hybridized carbons (Fsp3) is 0.143. The van der Waals surface area contributed by atoms with Crippen molar-refractivity contribution in [2.75, 3.05) is 12.4 Å². The standard InChI is InChI=1S/C14H15N3OS/c1-18-9-10-4-2-3-5-12(10)17-11-6-7-16-13(8-11)14(15)19/h2-8H,9H2,1H3,(H2,15,19)(H,16,17). The average Bonchev–Trinajstić information content (AvgIpc) is 2.41. The Balaban J connectivity index is 2.26. The molecule has 0 spiro atoms. The van der Waals surface area contributed by atoms with E-state index in [4.69, 9.17) is 22.7 Å². The molecule has 0 radical (unpaired) electrons. The summed E-state index contributed by atoms with van der Waals surface area (Å²) in [5.41, 5.74) is 9.14. The summed E-state index contributed by atoms with van der Waals surface area (Å²) in [5.74, 6) is 0. The van der Waals surface area contributed by atoms with Crippen LogP contribution in [0.2, 0.25) is 0 Å². The number of ether oxygens (including phenoxy) is 1. The van der Waals surface area contributed by atoms with Crippen LogP contribution >= 0.6 is 12.2 Å². The molecular weight excluding hydrogens is 258 g/mol. The second kappa shape index (κ2) is 6.26. The van der Waals surface area contributed by atoms with Crippen LogP contribution in [0.5, 0.6) is 0 Å². The van der Waals surface area contributed by atoms with Crippen LogP contribution in [-0.4, -0.2) is 17.1 Å². The SMILES string of the molecule is COCc1ccccc1Nc1ccnc(C(N)=S)c1. The molecule has 0 saturated carbocycles. The van der Waals surface area contributed by atoms with Gasteiger partial charge in [0.05, 0.1) is 12.3 Å². The van der Waals surface area contributed by atoms with Crippen LogP contribution in [0.15, 0.2) is 42.6 Å². The molecule has 0 fully saturated rings. The minimum absolute atomic E-state index is 0.286. The van der Waals surface area contributed by atoms with Gasteiger partial charge in [0.15, 0.2) is 0 Å². The van der Waals surface area contributed by atoms with Crippen molar-refractivity contribution in [2.45, 2.75) is 6.61 Å². The summed E-state index contributed by atoms with van der Waals surface area (Å²) in [6.45, 7) is 0.552. The van der Waals surface area contributed by atoms with Crippen LogP contribution in [0.4, 0.5) is 11.4 Å². The van der Waals surface area contributed by atoms with E-state index in [-0.39, 0.29) is 4.99 Å². The first-order valence-electron chi connectivity index (χ1n) is 5.80. The van der Waals surface area contributed by atoms with E-state index < -0.39 is 0 Å². The normalized spacial score (nSPS) is 10.2. The monoisotopic (exact) mass is 273 g/mol. The summed E-state index contributed by atoms with van der Waals surface area (Å²) in [6.07, 6.45) is 1.68. The Labute approximate surface area is 117 Å². The molecule has 3 N–H and O–H groups in total. The molecule has 4 nitrogen and oxygen atoms in total. The average molecular weight is 273 g/mol. The van der Waals surface area contributed by atoms with Gasteiger partial charge in [-0.25, -0.2) is 0 Å². The summed E-state index contributed by atoms with van der Waals surface area (Å²) in [5, 5.41) is 3.32. The lowest BCUT2D eigenvalue weighted by Crippen LogP contribution is -2.11. The predicted octanol–water partition coefficient (Wildman–Crippen LogP) is 2.61. The van der Waals surface area contributed by atoms with Gasteiger partial charge in [0.2, 0.25) is 0 Å². The van der Waals surface area contributed by atoms with Crippen molar-refractivity contribution in [2.24, 2.45) is 5.73 Å². The number of thiocarbonyl (C=S) groups is 1. The third kappa shape index (κ3) is 3.49. The number of nitrogens with one attached hydrogen (secondary N) is 1. The lowest BCUT2D eigenvalue weighted by molar-refractivity contribution is 0.185. The topological polar surface area (TPSA) is 60.2 Å². The Kier molecular flexibility index (Phi) is 4.43. The number of methoxy groups -OCH3 is 1. The maximum absolute atomic E-state index is 5.57. The largest absolute Gasteiger partial charge is 0.388 e. The molecule has 0 aliphatic carbocycles. The minimum atomic E-state index is 0.286. The summed E-state index contributed by atoms with van der Waals surface area (Å²) >= 11 is 4.92. The van der Waals surface area contributed by atoms with E-state index in [1.165, 1.54) is 0 Å². The van der Waals surface area contributed by atoms with Crippen molar-refractivity contribution < 1.29 is 4.74 Å². The number of nitrogens with two attached hydrogens (primary N) is 1. The van der Waals surface area contributed by atoms with Gasteiger partial charge in [-0.15, -0.1) is 0 Å². The Morgan fingerprint density at radius 2 is 2.16 bits per heavy atom. The molecule has 1 aromatic carbocycles. The number of aromatic nitrogens is 1. The van der Waals surface area contributed by atoms with E-state index in [1.54, 1.807) is 13.3 Å². The molecule has 98 valence electrons. The van der Waals surface area contributed by atoms with Crippen LogP contribution in [0, 0.1) is 0 Å². The van der Waals surface area contributed by atoms with E-state index in [9.17, 15) is 0 Å². The molecule has 0 amide bonds. The van der Waals surface area contributed by atoms with Gasteiger partial charge in [0.1, 0.15) is 4.99 Å². The molecule has 1 heterocycles. The number of hydrogen-bond acceptors (Lipinski definition) is 4. The van der Waals surface area contributed by atoms with Crippen LogP contribution in [0.3, 0.4) is 0 Å². The van der Waals surface area contributed by atoms with Gasteiger partial charge in [0.25, 0.3) is 0 Å². The number of pyridine rings is 1. The van der Waals surface area contributed by atoms with Gasteiger partial charge in [-0.1, -0.05) is 30.4 Å². The molecule has 5 heteroatoms. The quantitative estimate of drug-likeness (QED) is 0.820. The number of nitrogens with zero attached hydrogens (tertiary/aromatic N) is 1. The molecule has 1 aromatic heterocycles. The Morgan fingerprint density at radius 1 is 1.37 bits per heavy atom. The van der Waals surface area contributed by atoms with Crippen molar-refractivity contribution in [1.29, 1.82) is 0 Å². The highest BCUT2D eigenvalue weighted by atomic mass is 32.1. The Morgan fingerprint density at radius 3 is 2.89 bits per heavy atom. The zero-order valence-electron chi connectivity index (χ0n) is 10.6. The first-order chi connectivity index (χ1) is 9.20. The van der Waals surface area contributed by atoms with Gasteiger partial charge >= 0.3 is 0 Å².